The van der Waals surface area contributed by atoms with Gasteiger partial charge in [0.2, 0.25) is 5.91 Å². The smallest absolute Gasteiger partial charge is 0.229 e. The number of nitrogens with one attached hydrogen (secondary N) is 3. The van der Waals surface area contributed by atoms with Gasteiger partial charge in [-0.05, 0) is 65.6 Å². The number of amides is 1. The average Bonchev–Trinajstić information content (AvgIpc) is 3.59. The first kappa shape index (κ1) is 29.1. The lowest BCUT2D eigenvalue weighted by molar-refractivity contribution is -0.123. The van der Waals surface area contributed by atoms with Crippen LogP contribution in [0.15, 0.2) is 67.1 Å². The van der Waals surface area contributed by atoms with Gasteiger partial charge in [-0.2, -0.15) is 5.10 Å². The summed E-state index contributed by atoms with van der Waals surface area (Å²) in [5.74, 6) is -0.631. The minimum absolute atomic E-state index is 0.0664. The molecule has 0 atom stereocenters. The van der Waals surface area contributed by atoms with E-state index in [4.69, 9.17) is 4.98 Å². The Morgan fingerprint density at radius 1 is 1.02 bits per heavy atom. The second-order valence-electron chi connectivity index (χ2n) is 11.9. The zero-order valence-corrected chi connectivity index (χ0v) is 25.4. The van der Waals surface area contributed by atoms with E-state index in [-0.39, 0.29) is 18.1 Å². The molecule has 44 heavy (non-hydrogen) atoms. The largest absolute Gasteiger partial charge is 0.338 e. The van der Waals surface area contributed by atoms with Gasteiger partial charge in [0, 0.05) is 35.0 Å². The molecular weight excluding hydrogens is 581 g/mol. The number of benzene rings is 1. The number of anilines is 1. The molecule has 224 valence electrons. The van der Waals surface area contributed by atoms with Crippen molar-refractivity contribution in [2.45, 2.75) is 27.2 Å². The number of halogens is 1. The van der Waals surface area contributed by atoms with Crippen molar-refractivity contribution < 1.29 is 17.6 Å². The minimum atomic E-state index is -3.19. The third-order valence-corrected chi connectivity index (χ3v) is 8.14. The van der Waals surface area contributed by atoms with Crippen molar-refractivity contribution in [2.75, 3.05) is 17.3 Å². The van der Waals surface area contributed by atoms with Crippen LogP contribution < -0.4 is 5.32 Å². The fourth-order valence-electron chi connectivity index (χ4n) is 4.87. The molecule has 0 aliphatic carbocycles. The fraction of sp³-hybridized carbons (Fsp3) is 0.219. The van der Waals surface area contributed by atoms with E-state index in [1.165, 1.54) is 18.4 Å². The number of aryl methyl sites for hydroxylation is 1. The third-order valence-electron chi connectivity index (χ3n) is 7.20. The predicted molar refractivity (Wildman–Crippen MR) is 169 cm³/mol. The number of carbonyl (C=O) groups excluding carboxylic acids is 1. The van der Waals surface area contributed by atoms with Crippen LogP contribution in [0.25, 0.3) is 55.8 Å². The van der Waals surface area contributed by atoms with Gasteiger partial charge in [0.15, 0.2) is 0 Å². The Balaban J connectivity index is 1.37. The van der Waals surface area contributed by atoms with Gasteiger partial charge >= 0.3 is 0 Å². The number of sulfone groups is 1. The lowest BCUT2D eigenvalue weighted by Crippen LogP contribution is -2.27. The molecule has 0 bridgehead atoms. The van der Waals surface area contributed by atoms with Crippen molar-refractivity contribution in [1.82, 2.24) is 30.1 Å². The number of nitrogens with zero attached hydrogens (tertiary/aromatic N) is 4. The van der Waals surface area contributed by atoms with Gasteiger partial charge in [-0.1, -0.05) is 26.8 Å². The molecule has 5 aromatic heterocycles. The van der Waals surface area contributed by atoms with Crippen LogP contribution >= 0.6 is 0 Å². The number of rotatable bonds is 7. The summed E-state index contributed by atoms with van der Waals surface area (Å²) in [6.45, 7) is 5.53. The molecule has 1 amide bonds. The Kier molecular flexibility index (Phi) is 7.24. The second-order valence-corrected chi connectivity index (χ2v) is 14.1. The molecule has 3 N–H and O–H groups in total. The maximum absolute atomic E-state index is 14.6. The lowest BCUT2D eigenvalue weighted by atomic mass is 9.95. The first-order chi connectivity index (χ1) is 20.8. The van der Waals surface area contributed by atoms with Gasteiger partial charge in [0.25, 0.3) is 0 Å². The Hall–Kier alpha value is -4.97. The summed E-state index contributed by atoms with van der Waals surface area (Å²) in [6, 6.07) is 13.8. The molecule has 0 saturated carbocycles. The van der Waals surface area contributed by atoms with Crippen LogP contribution in [0.2, 0.25) is 0 Å². The molecule has 0 spiro atoms. The molecule has 5 heterocycles. The van der Waals surface area contributed by atoms with Crippen molar-refractivity contribution in [3.63, 3.8) is 0 Å². The van der Waals surface area contributed by atoms with Crippen LogP contribution in [0.5, 0.6) is 0 Å². The highest BCUT2D eigenvalue weighted by atomic mass is 32.2. The predicted octanol–water partition coefficient (Wildman–Crippen LogP) is 5.94. The molecule has 0 fully saturated rings. The van der Waals surface area contributed by atoms with E-state index in [1.54, 1.807) is 30.7 Å². The number of aromatic amines is 2. The quantitative estimate of drug-likeness (QED) is 0.202. The topological polar surface area (TPSA) is 146 Å². The summed E-state index contributed by atoms with van der Waals surface area (Å²) in [7, 11) is -3.19. The number of fused-ring (bicyclic) bond motifs is 2. The van der Waals surface area contributed by atoms with Gasteiger partial charge in [-0.25, -0.2) is 22.8 Å². The highest BCUT2D eigenvalue weighted by Gasteiger charge is 2.22. The molecule has 0 unspecified atom stereocenters. The molecule has 10 nitrogen and oxygen atoms in total. The van der Waals surface area contributed by atoms with Crippen molar-refractivity contribution in [3.8, 4) is 33.8 Å². The van der Waals surface area contributed by atoms with E-state index in [0.717, 1.165) is 22.0 Å². The van der Waals surface area contributed by atoms with E-state index < -0.39 is 21.1 Å². The van der Waals surface area contributed by atoms with Crippen LogP contribution in [-0.2, 0) is 21.1 Å². The van der Waals surface area contributed by atoms with E-state index in [1.807, 2.05) is 45.0 Å². The molecule has 12 heteroatoms. The number of hydrogen-bond donors (Lipinski definition) is 3. The van der Waals surface area contributed by atoms with Crippen molar-refractivity contribution in [3.05, 3.63) is 78.5 Å². The second kappa shape index (κ2) is 10.9. The van der Waals surface area contributed by atoms with Crippen LogP contribution in [-0.4, -0.2) is 56.5 Å². The van der Waals surface area contributed by atoms with E-state index in [2.05, 4.69) is 30.5 Å². The molecular formula is C32H30FN7O3S. The van der Waals surface area contributed by atoms with Gasteiger partial charge in [0.05, 0.1) is 34.5 Å². The Bertz CT molecular complexity index is 2160. The highest BCUT2D eigenvalue weighted by molar-refractivity contribution is 7.90. The monoisotopic (exact) mass is 611 g/mol. The van der Waals surface area contributed by atoms with Crippen molar-refractivity contribution >= 4 is 43.5 Å². The Morgan fingerprint density at radius 3 is 2.61 bits per heavy atom. The van der Waals surface area contributed by atoms with E-state index in [9.17, 15) is 17.6 Å². The molecule has 0 radical (unpaired) electrons. The third kappa shape index (κ3) is 6.06. The Morgan fingerprint density at radius 2 is 1.84 bits per heavy atom. The number of aromatic nitrogens is 6. The molecule has 0 saturated heterocycles. The summed E-state index contributed by atoms with van der Waals surface area (Å²) in [4.78, 5) is 29.5. The number of hydrogen-bond acceptors (Lipinski definition) is 7. The van der Waals surface area contributed by atoms with Crippen LogP contribution in [0.1, 0.15) is 26.3 Å². The first-order valence-electron chi connectivity index (χ1n) is 13.9. The zero-order valence-electron chi connectivity index (χ0n) is 24.6. The minimum Gasteiger partial charge on any atom is -0.338 e. The summed E-state index contributed by atoms with van der Waals surface area (Å²) < 4.78 is 38.0. The number of carbonyl (C=O) groups is 1. The van der Waals surface area contributed by atoms with Crippen LogP contribution in [0, 0.1) is 11.2 Å². The summed E-state index contributed by atoms with van der Waals surface area (Å²) >= 11 is 0. The summed E-state index contributed by atoms with van der Waals surface area (Å²) in [5.41, 5.74) is 6.50. The van der Waals surface area contributed by atoms with Gasteiger partial charge in [-0.15, -0.1) is 0 Å². The normalized spacial score (nSPS) is 12.2. The molecule has 1 aromatic carbocycles. The van der Waals surface area contributed by atoms with Crippen LogP contribution in [0.3, 0.4) is 0 Å². The maximum atomic E-state index is 14.6. The SMILES string of the molecule is CC(C)(C)C(=O)Nc1cncc(-c2ccc3[nH]nc(-c4cc5c(-c6cc(F)cc(CCS(C)(=O)=O)c6)ccnc5[nH]4)c3n2)c1. The number of pyridine rings is 3. The lowest BCUT2D eigenvalue weighted by Gasteiger charge is -2.17. The zero-order chi connectivity index (χ0) is 31.2. The van der Waals surface area contributed by atoms with Crippen molar-refractivity contribution in [1.29, 1.82) is 0 Å². The summed E-state index contributed by atoms with van der Waals surface area (Å²) in [5, 5.41) is 11.2. The van der Waals surface area contributed by atoms with Gasteiger partial charge < -0.3 is 10.3 Å². The van der Waals surface area contributed by atoms with Crippen molar-refractivity contribution in [2.24, 2.45) is 5.41 Å². The standard InChI is InChI=1S/C32H30FN7O3S/c1-32(2,3)31(41)36-22-14-20(16-34-17-22)25-5-6-26-28(37-25)29(40-39-26)27-15-24-23(7-9-35-30(24)38-27)19-11-18(12-21(33)13-19)8-10-44(4,42)43/h5-7,9,11-17H,8,10H2,1-4H3,(H,35,38)(H,36,41)(H,39,40). The van der Waals surface area contributed by atoms with Crippen LogP contribution in [0.4, 0.5) is 10.1 Å². The molecule has 6 rings (SSSR count). The summed E-state index contributed by atoms with van der Waals surface area (Å²) in [6.07, 6.45) is 6.29. The first-order valence-corrected chi connectivity index (χ1v) is 16.0. The Labute approximate surface area is 253 Å². The average molecular weight is 612 g/mol. The van der Waals surface area contributed by atoms with Gasteiger partial charge in [-0.3, -0.25) is 14.9 Å². The van der Waals surface area contributed by atoms with E-state index in [0.29, 0.717) is 45.1 Å². The maximum Gasteiger partial charge on any atom is 0.229 e. The fourth-order valence-corrected chi connectivity index (χ4v) is 5.48. The highest BCUT2D eigenvalue weighted by Crippen LogP contribution is 2.34. The number of H-pyrrole nitrogens is 2. The van der Waals surface area contributed by atoms with E-state index >= 15 is 0 Å². The van der Waals surface area contributed by atoms with Gasteiger partial charge in [0.1, 0.15) is 32.5 Å². The molecule has 0 aliphatic rings. The molecule has 0 aliphatic heterocycles. The molecule has 6 aromatic rings.